The van der Waals surface area contributed by atoms with Crippen LogP contribution in [-0.2, 0) is 16.6 Å². The molecule has 128 valence electrons. The maximum Gasteiger partial charge on any atom is 0.252 e. The second-order valence-electron chi connectivity index (χ2n) is 5.64. The summed E-state index contributed by atoms with van der Waals surface area (Å²) in [6.45, 7) is 2.80. The Kier molecular flexibility index (Phi) is 4.10. The molecule has 0 spiro atoms. The molecule has 3 rings (SSSR count). The quantitative estimate of drug-likeness (QED) is 0.902. The van der Waals surface area contributed by atoms with Gasteiger partial charge in [0.25, 0.3) is 5.91 Å². The minimum Gasteiger partial charge on any atom is -0.496 e. The highest BCUT2D eigenvalue weighted by Gasteiger charge is 2.34. The van der Waals surface area contributed by atoms with E-state index in [0.717, 1.165) is 5.69 Å². The van der Waals surface area contributed by atoms with Crippen LogP contribution in [0.5, 0.6) is 5.75 Å². The van der Waals surface area contributed by atoms with Crippen LogP contribution < -0.4 is 10.5 Å². The highest BCUT2D eigenvalue weighted by molar-refractivity contribution is 7.89. The number of nitrogens with two attached hydrogens (primary N) is 1. The van der Waals surface area contributed by atoms with Gasteiger partial charge in [-0.05, 0) is 37.3 Å². The van der Waals surface area contributed by atoms with E-state index >= 15 is 0 Å². The Morgan fingerprint density at radius 1 is 1.29 bits per heavy atom. The van der Waals surface area contributed by atoms with Crippen LogP contribution in [0.1, 0.15) is 29.0 Å². The molecule has 7 nitrogen and oxygen atoms in total. The summed E-state index contributed by atoms with van der Waals surface area (Å²) in [6.07, 6.45) is 1.94. The topological polar surface area (TPSA) is 94.6 Å². The molecule has 1 unspecified atom stereocenters. The summed E-state index contributed by atoms with van der Waals surface area (Å²) < 4.78 is 34.6. The number of fused-ring (bicyclic) bond motifs is 1. The zero-order chi connectivity index (χ0) is 17.5. The SMILES string of the molecule is COc1ccc(S(=O)(=O)N2CCn3cccc3C2C)cc1C(N)=O. The Hall–Kier alpha value is -2.32. The third-order valence-corrected chi connectivity index (χ3v) is 6.29. The van der Waals surface area contributed by atoms with Crippen molar-refractivity contribution in [3.63, 3.8) is 0 Å². The normalized spacial score (nSPS) is 18.2. The van der Waals surface area contributed by atoms with Gasteiger partial charge in [0.05, 0.1) is 23.6 Å². The lowest BCUT2D eigenvalue weighted by Gasteiger charge is -2.34. The molecule has 2 heterocycles. The fourth-order valence-corrected chi connectivity index (χ4v) is 4.69. The van der Waals surface area contributed by atoms with E-state index in [1.54, 1.807) is 0 Å². The summed E-state index contributed by atoms with van der Waals surface area (Å²) in [5.74, 6) is -0.480. The van der Waals surface area contributed by atoms with Gasteiger partial charge in [-0.1, -0.05) is 0 Å². The van der Waals surface area contributed by atoms with Gasteiger partial charge in [0.2, 0.25) is 10.0 Å². The van der Waals surface area contributed by atoms with Crippen LogP contribution in [-0.4, -0.2) is 36.9 Å². The first-order valence-electron chi connectivity index (χ1n) is 7.51. The molecule has 1 aliphatic rings. The van der Waals surface area contributed by atoms with Crippen LogP contribution in [0, 0.1) is 0 Å². The van der Waals surface area contributed by atoms with Crippen LogP contribution >= 0.6 is 0 Å². The number of aromatic nitrogens is 1. The first kappa shape index (κ1) is 16.5. The maximum absolute atomic E-state index is 13.0. The molecule has 1 aromatic carbocycles. The van der Waals surface area contributed by atoms with Gasteiger partial charge in [-0.15, -0.1) is 0 Å². The van der Waals surface area contributed by atoms with Gasteiger partial charge in [0.15, 0.2) is 0 Å². The number of benzene rings is 1. The molecule has 0 radical (unpaired) electrons. The van der Waals surface area contributed by atoms with Crippen LogP contribution in [0.15, 0.2) is 41.4 Å². The summed E-state index contributed by atoms with van der Waals surface area (Å²) in [7, 11) is -2.36. The van der Waals surface area contributed by atoms with Gasteiger partial charge in [0.1, 0.15) is 5.75 Å². The summed E-state index contributed by atoms with van der Waals surface area (Å²) in [5, 5.41) is 0. The zero-order valence-corrected chi connectivity index (χ0v) is 14.3. The average molecular weight is 349 g/mol. The first-order chi connectivity index (χ1) is 11.4. The smallest absolute Gasteiger partial charge is 0.252 e. The van der Waals surface area contributed by atoms with Crippen molar-refractivity contribution >= 4 is 15.9 Å². The van der Waals surface area contributed by atoms with E-state index in [1.807, 2.05) is 29.8 Å². The van der Waals surface area contributed by atoms with E-state index in [4.69, 9.17) is 10.5 Å². The molecular formula is C16H19N3O4S. The minimum absolute atomic E-state index is 0.0314. The van der Waals surface area contributed by atoms with E-state index < -0.39 is 15.9 Å². The Morgan fingerprint density at radius 3 is 2.71 bits per heavy atom. The van der Waals surface area contributed by atoms with Gasteiger partial charge >= 0.3 is 0 Å². The summed E-state index contributed by atoms with van der Waals surface area (Å²) in [6, 6.07) is 7.68. The van der Waals surface area contributed by atoms with E-state index in [9.17, 15) is 13.2 Å². The van der Waals surface area contributed by atoms with Crippen LogP contribution in [0.25, 0.3) is 0 Å². The van der Waals surface area contributed by atoms with Crippen molar-refractivity contribution in [3.8, 4) is 5.75 Å². The van der Waals surface area contributed by atoms with Crippen LogP contribution in [0.3, 0.4) is 0 Å². The van der Waals surface area contributed by atoms with Gasteiger partial charge < -0.3 is 15.0 Å². The van der Waals surface area contributed by atoms with Gasteiger partial charge in [-0.2, -0.15) is 4.31 Å². The van der Waals surface area contributed by atoms with Crippen LogP contribution in [0.4, 0.5) is 0 Å². The molecule has 0 saturated carbocycles. The third kappa shape index (κ3) is 2.57. The fourth-order valence-electron chi connectivity index (χ4n) is 3.06. The summed E-state index contributed by atoms with van der Waals surface area (Å²) in [4.78, 5) is 11.6. The van der Waals surface area contributed by atoms with Gasteiger partial charge in [0, 0.05) is 25.0 Å². The number of ether oxygens (including phenoxy) is 1. The molecule has 1 aliphatic heterocycles. The molecule has 1 atom stereocenters. The molecule has 0 fully saturated rings. The highest BCUT2D eigenvalue weighted by atomic mass is 32.2. The summed E-state index contributed by atoms with van der Waals surface area (Å²) >= 11 is 0. The lowest BCUT2D eigenvalue weighted by Crippen LogP contribution is -2.40. The first-order valence-corrected chi connectivity index (χ1v) is 8.95. The number of hydrogen-bond acceptors (Lipinski definition) is 4. The van der Waals surface area contributed by atoms with Gasteiger partial charge in [-0.3, -0.25) is 4.79 Å². The van der Waals surface area contributed by atoms with Crippen molar-refractivity contribution in [2.75, 3.05) is 13.7 Å². The Morgan fingerprint density at radius 2 is 2.04 bits per heavy atom. The minimum atomic E-state index is -3.76. The standard InChI is InChI=1S/C16H19N3O4S/c1-11-14-4-3-7-18(14)8-9-19(11)24(21,22)12-5-6-15(23-2)13(10-12)16(17)20/h3-7,10-11H,8-9H2,1-2H3,(H2,17,20). The molecule has 0 bridgehead atoms. The molecular weight excluding hydrogens is 330 g/mol. The second kappa shape index (κ2) is 5.95. The molecule has 8 heteroatoms. The molecule has 0 aliphatic carbocycles. The monoisotopic (exact) mass is 349 g/mol. The Balaban J connectivity index is 2.03. The Labute approximate surface area is 140 Å². The van der Waals surface area contributed by atoms with Crippen LogP contribution in [0.2, 0.25) is 0 Å². The number of nitrogens with zero attached hydrogens (tertiary/aromatic N) is 2. The van der Waals surface area contributed by atoms with Crippen molar-refractivity contribution < 1.29 is 17.9 Å². The van der Waals surface area contributed by atoms with Crippen molar-refractivity contribution in [2.24, 2.45) is 5.73 Å². The van der Waals surface area contributed by atoms with E-state index in [0.29, 0.717) is 13.1 Å². The number of amides is 1. The predicted octanol–water partition coefficient (Wildman–Crippen LogP) is 1.36. The zero-order valence-electron chi connectivity index (χ0n) is 13.5. The van der Waals surface area contributed by atoms with E-state index in [-0.39, 0.29) is 22.3 Å². The molecule has 24 heavy (non-hydrogen) atoms. The number of primary amides is 1. The predicted molar refractivity (Wildman–Crippen MR) is 88.3 cm³/mol. The lowest BCUT2D eigenvalue weighted by atomic mass is 10.2. The summed E-state index contributed by atoms with van der Waals surface area (Å²) in [5.41, 5.74) is 6.31. The van der Waals surface area contributed by atoms with E-state index in [2.05, 4.69) is 0 Å². The average Bonchev–Trinajstić information content (AvgIpc) is 3.03. The molecule has 2 N–H and O–H groups in total. The van der Waals surface area contributed by atoms with Crippen molar-refractivity contribution in [1.82, 2.24) is 8.87 Å². The number of carbonyl (C=O) groups is 1. The number of methoxy groups -OCH3 is 1. The molecule has 1 aromatic heterocycles. The number of sulfonamides is 1. The largest absolute Gasteiger partial charge is 0.496 e. The fraction of sp³-hybridized carbons (Fsp3) is 0.312. The maximum atomic E-state index is 13.0. The van der Waals surface area contributed by atoms with Gasteiger partial charge in [-0.25, -0.2) is 8.42 Å². The third-order valence-electron chi connectivity index (χ3n) is 4.33. The number of rotatable bonds is 4. The van der Waals surface area contributed by atoms with Crippen molar-refractivity contribution in [3.05, 3.63) is 47.8 Å². The lowest BCUT2D eigenvalue weighted by molar-refractivity contribution is 0.0997. The van der Waals surface area contributed by atoms with Crippen molar-refractivity contribution in [2.45, 2.75) is 24.4 Å². The van der Waals surface area contributed by atoms with Crippen molar-refractivity contribution in [1.29, 1.82) is 0 Å². The molecule has 0 saturated heterocycles. The number of carbonyl (C=O) groups excluding carboxylic acids is 1. The number of hydrogen-bond donors (Lipinski definition) is 1. The molecule has 1 amide bonds. The van der Waals surface area contributed by atoms with E-state index in [1.165, 1.54) is 29.6 Å². The molecule has 2 aromatic rings. The second-order valence-corrected chi connectivity index (χ2v) is 7.54. The Bertz CT molecular complexity index is 888. The highest BCUT2D eigenvalue weighted by Crippen LogP contribution is 2.32.